The number of aromatic nitrogens is 1. The third-order valence-electron chi connectivity index (χ3n) is 4.89. The van der Waals surface area contributed by atoms with E-state index in [-0.39, 0.29) is 22.9 Å². The largest absolute Gasteiger partial charge is 0.507 e. The molecule has 0 spiro atoms. The van der Waals surface area contributed by atoms with Crippen LogP contribution in [0, 0.1) is 0 Å². The second-order valence-electron chi connectivity index (χ2n) is 7.18. The Hall–Kier alpha value is -1.82. The molecule has 0 bridgehead atoms. The molecule has 0 saturated heterocycles. The first-order chi connectivity index (χ1) is 11.5. The lowest BCUT2D eigenvalue weighted by Crippen LogP contribution is -2.36. The molecule has 0 radical (unpaired) electrons. The van der Waals surface area contributed by atoms with E-state index in [1.807, 2.05) is 19.0 Å². The molecule has 6 heteroatoms. The Balaban J connectivity index is 1.88. The highest BCUT2D eigenvalue weighted by molar-refractivity contribution is 5.97. The molecule has 1 amide bonds. The van der Waals surface area contributed by atoms with E-state index < -0.39 is 5.91 Å². The lowest BCUT2D eigenvalue weighted by molar-refractivity contribution is 0.0947. The maximum atomic E-state index is 12.9. The number of aromatic hydroxyl groups is 1. The van der Waals surface area contributed by atoms with E-state index in [1.165, 1.54) is 0 Å². The third-order valence-corrected chi connectivity index (χ3v) is 4.89. The summed E-state index contributed by atoms with van der Waals surface area (Å²) in [5, 5.41) is 13.4. The van der Waals surface area contributed by atoms with Gasteiger partial charge in [0.1, 0.15) is 11.3 Å². The van der Waals surface area contributed by atoms with Gasteiger partial charge in [-0.3, -0.25) is 9.59 Å². The van der Waals surface area contributed by atoms with Gasteiger partial charge < -0.3 is 19.9 Å². The summed E-state index contributed by atoms with van der Waals surface area (Å²) in [5.41, 5.74) is 1.38. The summed E-state index contributed by atoms with van der Waals surface area (Å²) in [5.74, 6) is -0.532. The number of nitrogens with zero attached hydrogens (tertiary/aromatic N) is 2. The van der Waals surface area contributed by atoms with Gasteiger partial charge in [0.05, 0.1) is 0 Å². The van der Waals surface area contributed by atoms with Gasteiger partial charge in [-0.25, -0.2) is 0 Å². The van der Waals surface area contributed by atoms with Crippen molar-refractivity contribution in [1.82, 2.24) is 14.8 Å². The Kier molecular flexibility index (Phi) is 4.94. The van der Waals surface area contributed by atoms with Gasteiger partial charge in [0.15, 0.2) is 0 Å². The second kappa shape index (κ2) is 6.97. The number of amides is 1. The molecule has 0 unspecified atom stereocenters. The zero-order chi connectivity index (χ0) is 17.3. The lowest BCUT2D eigenvalue weighted by atomic mass is 9.93. The van der Waals surface area contributed by atoms with Crippen molar-refractivity contribution in [1.29, 1.82) is 0 Å². The second-order valence-corrected chi connectivity index (χ2v) is 7.18. The van der Waals surface area contributed by atoms with Gasteiger partial charge in [0.2, 0.25) is 0 Å². The molecule has 2 aliphatic rings. The van der Waals surface area contributed by atoms with E-state index >= 15 is 0 Å². The fraction of sp³-hybridized carbons (Fsp3) is 0.667. The molecule has 0 aromatic carbocycles. The van der Waals surface area contributed by atoms with Crippen LogP contribution in [0.2, 0.25) is 0 Å². The summed E-state index contributed by atoms with van der Waals surface area (Å²) in [6.45, 7) is 1.36. The Bertz CT molecular complexity index is 690. The van der Waals surface area contributed by atoms with Crippen LogP contribution < -0.4 is 10.9 Å². The molecule has 1 aromatic heterocycles. The van der Waals surface area contributed by atoms with E-state index in [0.717, 1.165) is 62.7 Å². The van der Waals surface area contributed by atoms with E-state index in [9.17, 15) is 14.7 Å². The molecule has 0 aliphatic heterocycles. The van der Waals surface area contributed by atoms with E-state index in [1.54, 1.807) is 4.57 Å². The Morgan fingerprint density at radius 3 is 2.67 bits per heavy atom. The molecule has 0 atom stereocenters. The Morgan fingerprint density at radius 2 is 2.00 bits per heavy atom. The summed E-state index contributed by atoms with van der Waals surface area (Å²) < 4.78 is 1.79. The number of hydrogen-bond donors (Lipinski definition) is 2. The van der Waals surface area contributed by atoms with Gasteiger partial charge in [0.25, 0.3) is 11.5 Å². The minimum absolute atomic E-state index is 0.0626. The first kappa shape index (κ1) is 17.0. The molecule has 1 fully saturated rings. The van der Waals surface area contributed by atoms with Crippen molar-refractivity contribution in [3.8, 4) is 5.75 Å². The third kappa shape index (κ3) is 3.34. The van der Waals surface area contributed by atoms with Crippen LogP contribution in [0.1, 0.15) is 59.8 Å². The molecule has 2 aliphatic carbocycles. The minimum Gasteiger partial charge on any atom is -0.507 e. The van der Waals surface area contributed by atoms with Gasteiger partial charge in [-0.05, 0) is 65.6 Å². The predicted molar refractivity (Wildman–Crippen MR) is 92.8 cm³/mol. The number of hydrogen-bond acceptors (Lipinski definition) is 4. The molecule has 1 saturated carbocycles. The molecular weight excluding hydrogens is 306 g/mol. The number of rotatable bonds is 6. The van der Waals surface area contributed by atoms with Crippen LogP contribution in [0.4, 0.5) is 0 Å². The van der Waals surface area contributed by atoms with Crippen LogP contribution in [-0.4, -0.2) is 47.7 Å². The molecule has 132 valence electrons. The van der Waals surface area contributed by atoms with Crippen LogP contribution in [0.15, 0.2) is 4.79 Å². The standard InChI is InChI=1S/C18H27N3O3/c1-20(2)11-5-10-19-17(23)15-16(22)13-6-3-4-7-14(13)21(18(15)24)12-8-9-12/h12,22H,3-11H2,1-2H3,(H,19,23). The summed E-state index contributed by atoms with van der Waals surface area (Å²) >= 11 is 0. The van der Waals surface area contributed by atoms with Crippen LogP contribution in [-0.2, 0) is 12.8 Å². The highest BCUT2D eigenvalue weighted by Crippen LogP contribution is 2.39. The maximum absolute atomic E-state index is 12.9. The van der Waals surface area contributed by atoms with E-state index in [4.69, 9.17) is 0 Å². The molecular formula is C18H27N3O3. The van der Waals surface area contributed by atoms with Crippen molar-refractivity contribution in [2.24, 2.45) is 0 Å². The summed E-state index contributed by atoms with van der Waals surface area (Å²) in [4.78, 5) is 27.4. The predicted octanol–water partition coefficient (Wildman–Crippen LogP) is 1.45. The number of pyridine rings is 1. The minimum atomic E-state index is -0.445. The van der Waals surface area contributed by atoms with Crippen molar-refractivity contribution < 1.29 is 9.90 Å². The van der Waals surface area contributed by atoms with Gasteiger partial charge in [-0.2, -0.15) is 0 Å². The van der Waals surface area contributed by atoms with Crippen molar-refractivity contribution in [3.05, 3.63) is 27.2 Å². The highest BCUT2D eigenvalue weighted by atomic mass is 16.3. The fourth-order valence-electron chi connectivity index (χ4n) is 3.51. The zero-order valence-electron chi connectivity index (χ0n) is 14.6. The average molecular weight is 333 g/mol. The normalized spacial score (nSPS) is 17.0. The van der Waals surface area contributed by atoms with Crippen molar-refractivity contribution in [2.45, 2.75) is 51.0 Å². The first-order valence-corrected chi connectivity index (χ1v) is 8.93. The van der Waals surface area contributed by atoms with Crippen molar-refractivity contribution >= 4 is 5.91 Å². The van der Waals surface area contributed by atoms with Gasteiger partial charge in [-0.1, -0.05) is 0 Å². The van der Waals surface area contributed by atoms with Crippen molar-refractivity contribution in [3.63, 3.8) is 0 Å². The molecule has 1 aromatic rings. The van der Waals surface area contributed by atoms with Gasteiger partial charge in [-0.15, -0.1) is 0 Å². The Labute approximate surface area is 142 Å². The lowest BCUT2D eigenvalue weighted by Gasteiger charge is -2.23. The zero-order valence-corrected chi connectivity index (χ0v) is 14.6. The maximum Gasteiger partial charge on any atom is 0.267 e. The van der Waals surface area contributed by atoms with Crippen LogP contribution in [0.3, 0.4) is 0 Å². The SMILES string of the molecule is CN(C)CCCNC(=O)c1c(O)c2c(n(C3CC3)c1=O)CCCC2. The molecule has 24 heavy (non-hydrogen) atoms. The number of nitrogens with one attached hydrogen (secondary N) is 1. The van der Waals surface area contributed by atoms with Crippen molar-refractivity contribution in [2.75, 3.05) is 27.2 Å². The van der Waals surface area contributed by atoms with Crippen LogP contribution >= 0.6 is 0 Å². The molecule has 1 heterocycles. The fourth-order valence-corrected chi connectivity index (χ4v) is 3.51. The van der Waals surface area contributed by atoms with Gasteiger partial charge in [0, 0.05) is 23.8 Å². The van der Waals surface area contributed by atoms with Gasteiger partial charge >= 0.3 is 0 Å². The number of carbonyl (C=O) groups excluding carboxylic acids is 1. The topological polar surface area (TPSA) is 74.6 Å². The highest BCUT2D eigenvalue weighted by Gasteiger charge is 2.33. The Morgan fingerprint density at radius 1 is 1.29 bits per heavy atom. The summed E-state index contributed by atoms with van der Waals surface area (Å²) in [6.07, 6.45) is 6.37. The quantitative estimate of drug-likeness (QED) is 0.773. The molecule has 3 rings (SSSR count). The average Bonchev–Trinajstić information content (AvgIpc) is 3.36. The number of fused-ring (bicyclic) bond motifs is 1. The summed E-state index contributed by atoms with van der Waals surface area (Å²) in [7, 11) is 3.96. The summed E-state index contributed by atoms with van der Waals surface area (Å²) in [6, 6.07) is 0.213. The monoisotopic (exact) mass is 333 g/mol. The smallest absolute Gasteiger partial charge is 0.267 e. The molecule has 6 nitrogen and oxygen atoms in total. The molecule has 2 N–H and O–H groups in total. The first-order valence-electron chi connectivity index (χ1n) is 8.93. The van der Waals surface area contributed by atoms with E-state index in [0.29, 0.717) is 6.54 Å². The van der Waals surface area contributed by atoms with Crippen LogP contribution in [0.25, 0.3) is 0 Å². The van der Waals surface area contributed by atoms with E-state index in [2.05, 4.69) is 5.32 Å². The van der Waals surface area contributed by atoms with Crippen LogP contribution in [0.5, 0.6) is 5.75 Å². The number of carbonyl (C=O) groups is 1.